The molecule has 3 aliphatic rings. The Morgan fingerprint density at radius 2 is 2.06 bits per heavy atom. The van der Waals surface area contributed by atoms with E-state index in [9.17, 15) is 14.2 Å². The van der Waals surface area contributed by atoms with Crippen molar-refractivity contribution < 1.29 is 18.9 Å². The van der Waals surface area contributed by atoms with Crippen molar-refractivity contribution >= 4 is 16.6 Å². The molecular weight excluding hydrogens is 448 g/mol. The molecule has 2 N–H and O–H groups in total. The van der Waals surface area contributed by atoms with Crippen molar-refractivity contribution in [3.8, 4) is 11.1 Å². The van der Waals surface area contributed by atoms with Crippen molar-refractivity contribution in [3.05, 3.63) is 71.3 Å². The molecule has 0 bridgehead atoms. The minimum absolute atomic E-state index is 0.120. The monoisotopic (exact) mass is 477 g/mol. The molecule has 1 aliphatic carbocycles. The number of Topliss-reactive ketones (excluding diaryl/α,β-unsaturated/α-hetero) is 1. The molecule has 2 aromatic rings. The van der Waals surface area contributed by atoms with E-state index in [-0.39, 0.29) is 17.4 Å². The van der Waals surface area contributed by atoms with Gasteiger partial charge in [-0.1, -0.05) is 39.0 Å². The third-order valence-electron chi connectivity index (χ3n) is 7.19. The van der Waals surface area contributed by atoms with Gasteiger partial charge < -0.3 is 5.32 Å². The van der Waals surface area contributed by atoms with Crippen LogP contribution in [0, 0.1) is 5.41 Å². The lowest BCUT2D eigenvalue weighted by Crippen LogP contribution is -2.51. The summed E-state index contributed by atoms with van der Waals surface area (Å²) in [5, 5.41) is 22.0. The van der Waals surface area contributed by atoms with E-state index < -0.39 is 16.2 Å². The Morgan fingerprint density at radius 3 is 2.79 bits per heavy atom. The van der Waals surface area contributed by atoms with Gasteiger partial charge >= 0.3 is 0 Å². The van der Waals surface area contributed by atoms with E-state index in [0.717, 1.165) is 44.7 Å². The molecule has 0 fully saturated rings. The van der Waals surface area contributed by atoms with E-state index in [1.54, 1.807) is 18.5 Å². The van der Waals surface area contributed by atoms with Gasteiger partial charge in [0.25, 0.3) is 0 Å². The van der Waals surface area contributed by atoms with Crippen molar-refractivity contribution in [3.63, 3.8) is 0 Å². The predicted molar refractivity (Wildman–Crippen MR) is 128 cm³/mol. The molecule has 1 aromatic carbocycles. The molecule has 3 heterocycles. The lowest BCUT2D eigenvalue weighted by atomic mass is 9.58. The summed E-state index contributed by atoms with van der Waals surface area (Å²) in [5.74, 6) is 0.161. The van der Waals surface area contributed by atoms with Crippen LogP contribution in [0.4, 0.5) is 0 Å². The van der Waals surface area contributed by atoms with Gasteiger partial charge in [0.05, 0.1) is 22.4 Å². The highest BCUT2D eigenvalue weighted by Gasteiger charge is 2.53. The number of carbonyl (C=O) groups is 1. The lowest BCUT2D eigenvalue weighted by Gasteiger charge is -2.47. The van der Waals surface area contributed by atoms with Crippen LogP contribution < -0.4 is 10.0 Å². The number of allylic oxidation sites excluding steroid dienone is 2. The largest absolute Gasteiger partial charge is 0.362 e. The minimum atomic E-state index is -1.30. The maximum atomic E-state index is 13.7. The van der Waals surface area contributed by atoms with Crippen molar-refractivity contribution in [2.75, 3.05) is 6.26 Å². The number of carbonyl (C=O) groups excluding carboxylic acids is 1. The highest BCUT2D eigenvalue weighted by molar-refractivity contribution is 7.84. The van der Waals surface area contributed by atoms with Crippen molar-refractivity contribution in [2.45, 2.75) is 56.5 Å². The van der Waals surface area contributed by atoms with Crippen LogP contribution in [0.3, 0.4) is 0 Å². The zero-order valence-corrected chi connectivity index (χ0v) is 20.6. The van der Waals surface area contributed by atoms with Crippen molar-refractivity contribution in [2.24, 2.45) is 15.6 Å². The first kappa shape index (κ1) is 22.7. The molecule has 0 saturated carbocycles. The van der Waals surface area contributed by atoms with Gasteiger partial charge in [0.2, 0.25) is 12.4 Å². The predicted octanol–water partition coefficient (Wildman–Crippen LogP) is 4.19. The van der Waals surface area contributed by atoms with Crippen LogP contribution in [-0.4, -0.2) is 27.6 Å². The number of nitrogens with zero attached hydrogens (tertiary/aromatic N) is 3. The summed E-state index contributed by atoms with van der Waals surface area (Å²) in [4.78, 5) is 14.2. The fraction of sp³-hybridized carbons (Fsp3) is 0.385. The van der Waals surface area contributed by atoms with Gasteiger partial charge in [0, 0.05) is 45.9 Å². The minimum Gasteiger partial charge on any atom is -0.362 e. The topological polar surface area (TPSA) is 95.0 Å². The van der Waals surface area contributed by atoms with Crippen molar-refractivity contribution in [1.82, 2.24) is 5.32 Å². The van der Waals surface area contributed by atoms with Crippen molar-refractivity contribution in [1.29, 1.82) is 0 Å². The second kappa shape index (κ2) is 7.98. The fourth-order valence-electron chi connectivity index (χ4n) is 5.78. The highest BCUT2D eigenvalue weighted by atomic mass is 32.2. The van der Waals surface area contributed by atoms with E-state index >= 15 is 0 Å². The Bertz CT molecular complexity index is 1330. The molecule has 3 atom stereocenters. The first-order chi connectivity index (χ1) is 16.2. The molecule has 0 saturated heterocycles. The maximum absolute atomic E-state index is 13.7. The highest BCUT2D eigenvalue weighted by Crippen LogP contribution is 2.54. The summed E-state index contributed by atoms with van der Waals surface area (Å²) < 4.78 is 13.3. The van der Waals surface area contributed by atoms with Gasteiger partial charge in [-0.05, 0) is 35.4 Å². The van der Waals surface area contributed by atoms with Gasteiger partial charge in [0.1, 0.15) is 4.90 Å². The fourth-order valence-corrected chi connectivity index (χ4v) is 6.53. The Hall–Kier alpha value is -3.13. The van der Waals surface area contributed by atoms with Gasteiger partial charge in [0.15, 0.2) is 11.9 Å². The molecule has 0 amide bonds. The maximum Gasteiger partial charge on any atom is 0.238 e. The van der Waals surface area contributed by atoms with Crippen LogP contribution >= 0.6 is 0 Å². The summed E-state index contributed by atoms with van der Waals surface area (Å²) in [5.41, 5.74) is 4.66. The smallest absolute Gasteiger partial charge is 0.238 e. The van der Waals surface area contributed by atoms with Crippen LogP contribution in [0.25, 0.3) is 11.1 Å². The average Bonchev–Trinajstić information content (AvgIpc) is 3.25. The third kappa shape index (κ3) is 3.43. The zero-order chi connectivity index (χ0) is 24.3. The van der Waals surface area contributed by atoms with Gasteiger partial charge in [-0.15, -0.1) is 0 Å². The second-order valence-corrected chi connectivity index (χ2v) is 11.4. The standard InChI is InChI=1S/C26H28N4O3S/c1-5-26(17-8-6-7-16(11-17)18-9-10-30(32)15-22(18)34(4)33)19-14-27-29-24(19)28-20-12-25(2,3)13-21(31)23(20)26/h6-11,14-15,24H,5,12-13H2,1-4H3,(H-,28,31,32)/p+1/t24?,26-,34-/m1/s1. The van der Waals surface area contributed by atoms with Gasteiger partial charge in [-0.2, -0.15) is 10.2 Å². The number of hydrogen-bond acceptors (Lipinski definition) is 6. The normalized spacial score (nSPS) is 25.9. The third-order valence-corrected chi connectivity index (χ3v) is 8.14. The average molecular weight is 478 g/mol. The molecule has 1 aromatic heterocycles. The Balaban J connectivity index is 1.74. The number of pyridine rings is 1. The summed E-state index contributed by atoms with van der Waals surface area (Å²) in [6.07, 6.45) is 8.08. The molecule has 1 unspecified atom stereocenters. The molecule has 2 aliphatic heterocycles. The summed E-state index contributed by atoms with van der Waals surface area (Å²) in [7, 11) is -1.30. The number of benzene rings is 1. The molecular formula is C26H29N4O3S+. The van der Waals surface area contributed by atoms with E-state index in [0.29, 0.717) is 17.7 Å². The number of rotatable bonds is 4. The SMILES string of the molecule is CC[C@@]1(c2cccc(-c3cc[n+](O)cc3[S@@](C)=O)c2)C2=CN=NC2NC2=C1C(=O)CC(C)(C)C2. The van der Waals surface area contributed by atoms with Crippen LogP contribution in [-0.2, 0) is 21.0 Å². The van der Waals surface area contributed by atoms with E-state index in [1.807, 2.05) is 12.1 Å². The molecule has 7 nitrogen and oxygen atoms in total. The number of fused-ring (bicyclic) bond motifs is 1. The summed E-state index contributed by atoms with van der Waals surface area (Å²) in [6.45, 7) is 6.36. The number of azo groups is 1. The number of nitrogens with one attached hydrogen (secondary N) is 1. The van der Waals surface area contributed by atoms with Crippen LogP contribution in [0.1, 0.15) is 45.6 Å². The Kier molecular flexibility index (Phi) is 5.31. The van der Waals surface area contributed by atoms with E-state index in [4.69, 9.17) is 0 Å². The molecule has 176 valence electrons. The molecule has 0 spiro atoms. The van der Waals surface area contributed by atoms with Crippen LogP contribution in [0.5, 0.6) is 0 Å². The summed E-state index contributed by atoms with van der Waals surface area (Å²) >= 11 is 0. The zero-order valence-electron chi connectivity index (χ0n) is 19.8. The Morgan fingerprint density at radius 1 is 1.26 bits per heavy atom. The Labute approximate surface area is 201 Å². The van der Waals surface area contributed by atoms with Gasteiger partial charge in [-0.3, -0.25) is 14.2 Å². The quantitative estimate of drug-likeness (QED) is 0.510. The number of hydrogen-bond donors (Lipinski definition) is 2. The lowest BCUT2D eigenvalue weighted by molar-refractivity contribution is -0.906. The van der Waals surface area contributed by atoms with Crippen LogP contribution in [0.15, 0.2) is 80.9 Å². The number of aromatic nitrogens is 1. The van der Waals surface area contributed by atoms with Gasteiger partial charge in [-0.25, -0.2) is 0 Å². The molecule has 8 heteroatoms. The summed E-state index contributed by atoms with van der Waals surface area (Å²) in [6, 6.07) is 9.85. The van der Waals surface area contributed by atoms with Crippen LogP contribution in [0.2, 0.25) is 0 Å². The molecule has 34 heavy (non-hydrogen) atoms. The number of ketones is 1. The first-order valence-corrected chi connectivity index (χ1v) is 13.0. The molecule has 5 rings (SSSR count). The van der Waals surface area contributed by atoms with E-state index in [1.165, 1.54) is 12.4 Å². The molecule has 0 radical (unpaired) electrons. The van der Waals surface area contributed by atoms with E-state index in [2.05, 4.69) is 48.4 Å². The second-order valence-electron chi connectivity index (χ2n) is 10.1. The first-order valence-electron chi connectivity index (χ1n) is 11.5.